The van der Waals surface area contributed by atoms with E-state index in [1.54, 1.807) is 4.90 Å². The second-order valence-electron chi connectivity index (χ2n) is 9.47. The largest absolute Gasteiger partial charge is 0.573 e. The summed E-state index contributed by atoms with van der Waals surface area (Å²) in [5, 5.41) is 5.50. The van der Waals surface area contributed by atoms with Gasteiger partial charge in [0.05, 0.1) is 17.9 Å². The number of nitrogens with one attached hydrogen (secondary N) is 1. The number of carbonyl (C=O) groups excluding carboxylic acids is 1. The number of hydrogen-bond acceptors (Lipinski definition) is 6. The molecule has 4 aromatic rings. The first kappa shape index (κ1) is 24.3. The maximum Gasteiger partial charge on any atom is 0.573 e. The quantitative estimate of drug-likeness (QED) is 0.393. The van der Waals surface area contributed by atoms with Crippen LogP contribution >= 0.6 is 0 Å². The molecule has 1 saturated heterocycles. The molecule has 6 rings (SSSR count). The lowest BCUT2D eigenvalue weighted by Gasteiger charge is -2.46. The molecule has 0 atom stereocenters. The van der Waals surface area contributed by atoms with Crippen molar-refractivity contribution in [1.82, 2.24) is 34.5 Å². The van der Waals surface area contributed by atoms with E-state index in [4.69, 9.17) is 0 Å². The number of alkyl halides is 3. The van der Waals surface area contributed by atoms with Crippen LogP contribution in [0.5, 0.6) is 5.75 Å². The normalized spacial score (nSPS) is 20.5. The van der Waals surface area contributed by atoms with Crippen LogP contribution in [0.25, 0.3) is 22.3 Å². The highest BCUT2D eigenvalue weighted by Gasteiger charge is 2.37. The molecule has 0 bridgehead atoms. The second kappa shape index (κ2) is 9.39. The number of halogens is 4. The van der Waals surface area contributed by atoms with E-state index in [-0.39, 0.29) is 11.6 Å². The molecule has 1 N–H and O–H groups in total. The molecule has 1 aromatic carbocycles. The number of aromatic amines is 1. The third kappa shape index (κ3) is 4.69. The summed E-state index contributed by atoms with van der Waals surface area (Å²) in [5.74, 6) is -2.64. The van der Waals surface area contributed by atoms with Gasteiger partial charge in [-0.1, -0.05) is 0 Å². The number of benzene rings is 1. The van der Waals surface area contributed by atoms with Crippen molar-refractivity contribution < 1.29 is 27.1 Å². The second-order valence-corrected chi connectivity index (χ2v) is 9.47. The number of piperazine rings is 1. The van der Waals surface area contributed by atoms with Crippen molar-refractivity contribution in [2.45, 2.75) is 31.3 Å². The molecule has 3 aromatic heterocycles. The van der Waals surface area contributed by atoms with E-state index in [1.807, 2.05) is 29.3 Å². The fraction of sp³-hybridized carbons (Fsp3) is 0.360. The number of carbonyl (C=O) groups is 1. The van der Waals surface area contributed by atoms with Gasteiger partial charge < -0.3 is 14.6 Å². The first-order chi connectivity index (χ1) is 18.2. The minimum atomic E-state index is -5.04. The molecule has 1 amide bonds. The van der Waals surface area contributed by atoms with Crippen molar-refractivity contribution in [2.75, 3.05) is 26.2 Å². The lowest BCUT2D eigenvalue weighted by molar-refractivity contribution is -0.275. The lowest BCUT2D eigenvalue weighted by atomic mass is 9.85. The number of nitrogens with zero attached hydrogens (tertiary/aromatic N) is 6. The maximum atomic E-state index is 13.7. The van der Waals surface area contributed by atoms with E-state index in [0.29, 0.717) is 32.2 Å². The molecule has 1 aliphatic carbocycles. The molecule has 0 spiro atoms. The minimum Gasteiger partial charge on any atom is -0.403 e. The zero-order chi connectivity index (χ0) is 26.4. The Morgan fingerprint density at radius 3 is 2.61 bits per heavy atom. The molecule has 4 heterocycles. The van der Waals surface area contributed by atoms with Crippen LogP contribution in [0.4, 0.5) is 17.6 Å². The van der Waals surface area contributed by atoms with Crippen LogP contribution in [0.2, 0.25) is 0 Å². The zero-order valence-electron chi connectivity index (χ0n) is 20.0. The lowest BCUT2D eigenvalue weighted by Crippen LogP contribution is -2.55. The highest BCUT2D eigenvalue weighted by atomic mass is 19.4. The number of ether oxygens (including phenoxy) is 1. The Balaban J connectivity index is 1.03. The topological polar surface area (TPSA) is 92.2 Å². The van der Waals surface area contributed by atoms with Crippen molar-refractivity contribution in [3.63, 3.8) is 0 Å². The number of fused-ring (bicyclic) bond motifs is 1. The molecule has 1 saturated carbocycles. The summed E-state index contributed by atoms with van der Waals surface area (Å²) >= 11 is 0. The molecule has 13 heteroatoms. The van der Waals surface area contributed by atoms with Crippen LogP contribution in [0.1, 0.15) is 29.2 Å². The van der Waals surface area contributed by atoms with E-state index < -0.39 is 23.8 Å². The summed E-state index contributed by atoms with van der Waals surface area (Å²) in [6, 6.07) is 5.35. The van der Waals surface area contributed by atoms with Gasteiger partial charge in [-0.05, 0) is 37.1 Å². The third-order valence-corrected chi connectivity index (χ3v) is 7.21. The van der Waals surface area contributed by atoms with Crippen LogP contribution in [0, 0.1) is 5.82 Å². The highest BCUT2D eigenvalue weighted by Crippen LogP contribution is 2.37. The molecule has 2 aliphatic rings. The summed E-state index contributed by atoms with van der Waals surface area (Å²) in [5.41, 5.74) is 2.49. The van der Waals surface area contributed by atoms with E-state index in [1.165, 1.54) is 12.4 Å². The molecule has 0 unspecified atom stereocenters. The van der Waals surface area contributed by atoms with E-state index in [2.05, 4.69) is 29.7 Å². The summed E-state index contributed by atoms with van der Waals surface area (Å²) < 4.78 is 57.0. The first-order valence-corrected chi connectivity index (χ1v) is 12.2. The van der Waals surface area contributed by atoms with Gasteiger partial charge in [0, 0.05) is 61.1 Å². The average molecular weight is 529 g/mol. The molecular weight excluding hydrogens is 506 g/mol. The molecule has 38 heavy (non-hydrogen) atoms. The molecule has 9 nitrogen and oxygen atoms in total. The van der Waals surface area contributed by atoms with Crippen molar-refractivity contribution in [1.29, 1.82) is 0 Å². The summed E-state index contributed by atoms with van der Waals surface area (Å²) in [6.07, 6.45) is 3.98. The average Bonchev–Trinajstić information content (AvgIpc) is 3.54. The number of amides is 1. The van der Waals surface area contributed by atoms with E-state index >= 15 is 0 Å². The molecule has 198 valence electrons. The monoisotopic (exact) mass is 529 g/mol. The molecule has 2 fully saturated rings. The zero-order valence-corrected chi connectivity index (χ0v) is 20.0. The van der Waals surface area contributed by atoms with Gasteiger partial charge in [-0.15, -0.1) is 13.2 Å². The fourth-order valence-electron chi connectivity index (χ4n) is 5.15. The Labute approximate surface area is 214 Å². The van der Waals surface area contributed by atoms with Crippen LogP contribution in [-0.4, -0.2) is 79.0 Å². The van der Waals surface area contributed by atoms with Crippen LogP contribution in [0.3, 0.4) is 0 Å². The number of rotatable bonds is 5. The van der Waals surface area contributed by atoms with Gasteiger partial charge in [0.2, 0.25) is 0 Å². The van der Waals surface area contributed by atoms with Crippen LogP contribution < -0.4 is 4.74 Å². The molecule has 0 radical (unpaired) electrons. The number of aromatic nitrogens is 5. The van der Waals surface area contributed by atoms with E-state index in [9.17, 15) is 22.4 Å². The van der Waals surface area contributed by atoms with Crippen molar-refractivity contribution in [3.05, 3.63) is 60.6 Å². The van der Waals surface area contributed by atoms with Crippen molar-refractivity contribution in [2.24, 2.45) is 0 Å². The van der Waals surface area contributed by atoms with Crippen LogP contribution in [-0.2, 0) is 0 Å². The molecule has 1 aliphatic heterocycles. The standard InChI is InChI=1S/C25H23F4N7O2/c26-20-2-1-15(9-21(20)38-25(27,28)29)24(37)35-7-5-34(6-8-35)17-10-18(11-17)36-13-16(12-33-36)22-19-3-4-30-23(19)32-14-31-22/h1-4,9,12-14,17-18H,5-8,10-11H2,(H,30,31,32). The highest BCUT2D eigenvalue weighted by molar-refractivity contribution is 5.94. The van der Waals surface area contributed by atoms with Gasteiger partial charge in [-0.25, -0.2) is 14.4 Å². The van der Waals surface area contributed by atoms with Crippen molar-refractivity contribution >= 4 is 16.9 Å². The molecular formula is C25H23F4N7O2. The van der Waals surface area contributed by atoms with Gasteiger partial charge in [-0.3, -0.25) is 14.4 Å². The predicted molar refractivity (Wildman–Crippen MR) is 128 cm³/mol. The van der Waals surface area contributed by atoms with Crippen LogP contribution in [0.15, 0.2) is 49.2 Å². The minimum absolute atomic E-state index is 0.0436. The SMILES string of the molecule is O=C(c1ccc(F)c(OC(F)(F)F)c1)N1CCN(C2CC(n3cc(-c4ncnc5[nH]ccc45)cn3)C2)CC1. The Kier molecular flexibility index (Phi) is 6.01. The first-order valence-electron chi connectivity index (χ1n) is 12.2. The van der Waals surface area contributed by atoms with E-state index in [0.717, 1.165) is 47.3 Å². The maximum absolute atomic E-state index is 13.7. The van der Waals surface area contributed by atoms with Gasteiger partial charge in [-0.2, -0.15) is 5.10 Å². The Morgan fingerprint density at radius 2 is 1.84 bits per heavy atom. The Morgan fingerprint density at radius 1 is 1.05 bits per heavy atom. The van der Waals surface area contributed by atoms with Gasteiger partial charge >= 0.3 is 6.36 Å². The van der Waals surface area contributed by atoms with Gasteiger partial charge in [0.15, 0.2) is 11.6 Å². The number of hydrogen-bond donors (Lipinski definition) is 1. The number of H-pyrrole nitrogens is 1. The summed E-state index contributed by atoms with van der Waals surface area (Å²) in [7, 11) is 0. The third-order valence-electron chi connectivity index (χ3n) is 7.21. The summed E-state index contributed by atoms with van der Waals surface area (Å²) in [6.45, 7) is 2.15. The Hall–Kier alpha value is -4.00. The fourth-order valence-corrected chi connectivity index (χ4v) is 5.15. The summed E-state index contributed by atoms with van der Waals surface area (Å²) in [4.78, 5) is 28.5. The smallest absolute Gasteiger partial charge is 0.403 e. The Bertz CT molecular complexity index is 1470. The van der Waals surface area contributed by atoms with Crippen molar-refractivity contribution in [3.8, 4) is 17.0 Å². The van der Waals surface area contributed by atoms with Gasteiger partial charge in [0.25, 0.3) is 5.91 Å². The van der Waals surface area contributed by atoms with Gasteiger partial charge in [0.1, 0.15) is 12.0 Å². The predicted octanol–water partition coefficient (Wildman–Crippen LogP) is 4.02.